The fourth-order valence-corrected chi connectivity index (χ4v) is 4.04. The van der Waals surface area contributed by atoms with Gasteiger partial charge in [0.25, 0.3) is 5.91 Å². The van der Waals surface area contributed by atoms with Crippen LogP contribution in [0.2, 0.25) is 0 Å². The van der Waals surface area contributed by atoms with E-state index < -0.39 is 0 Å². The van der Waals surface area contributed by atoms with Gasteiger partial charge < -0.3 is 10.2 Å². The van der Waals surface area contributed by atoms with Gasteiger partial charge in [-0.25, -0.2) is 0 Å². The Hall–Kier alpha value is -2.24. The van der Waals surface area contributed by atoms with E-state index in [1.807, 2.05) is 42.3 Å². The van der Waals surface area contributed by atoms with Gasteiger partial charge in [-0.2, -0.15) is 0 Å². The molecule has 5 nitrogen and oxygen atoms in total. The SMILES string of the molecule is Cc1cnccc1-c1cccc(C(=O)N2CCN([C@@H]3CCNC3)CC2)c1. The maximum absolute atomic E-state index is 13.0. The summed E-state index contributed by atoms with van der Waals surface area (Å²) < 4.78 is 0. The molecule has 0 aliphatic carbocycles. The lowest BCUT2D eigenvalue weighted by Gasteiger charge is -2.37. The van der Waals surface area contributed by atoms with Gasteiger partial charge in [0.2, 0.25) is 0 Å². The Morgan fingerprint density at radius 2 is 2.04 bits per heavy atom. The number of aromatic nitrogens is 1. The van der Waals surface area contributed by atoms with E-state index in [2.05, 4.69) is 21.3 Å². The van der Waals surface area contributed by atoms with E-state index >= 15 is 0 Å². The van der Waals surface area contributed by atoms with Crippen LogP contribution < -0.4 is 5.32 Å². The van der Waals surface area contributed by atoms with E-state index in [0.717, 1.165) is 61.5 Å². The molecular formula is C21H26N4O. The molecule has 4 rings (SSSR count). The van der Waals surface area contributed by atoms with Crippen LogP contribution in [0.5, 0.6) is 0 Å². The van der Waals surface area contributed by atoms with E-state index in [1.165, 1.54) is 6.42 Å². The smallest absolute Gasteiger partial charge is 0.253 e. The van der Waals surface area contributed by atoms with Crippen molar-refractivity contribution in [1.82, 2.24) is 20.1 Å². The zero-order valence-corrected chi connectivity index (χ0v) is 15.3. The Morgan fingerprint density at radius 3 is 2.77 bits per heavy atom. The summed E-state index contributed by atoms with van der Waals surface area (Å²) in [6.45, 7) is 7.82. The highest BCUT2D eigenvalue weighted by atomic mass is 16.2. The van der Waals surface area contributed by atoms with Gasteiger partial charge in [0.15, 0.2) is 0 Å². The van der Waals surface area contributed by atoms with Crippen molar-refractivity contribution >= 4 is 5.91 Å². The van der Waals surface area contributed by atoms with Gasteiger partial charge in [-0.15, -0.1) is 0 Å². The molecule has 0 radical (unpaired) electrons. The first-order valence-corrected chi connectivity index (χ1v) is 9.47. The van der Waals surface area contributed by atoms with Crippen LogP contribution in [0.4, 0.5) is 0 Å². The number of rotatable bonds is 3. The minimum absolute atomic E-state index is 0.141. The zero-order chi connectivity index (χ0) is 17.9. The Kier molecular flexibility index (Phi) is 5.00. The maximum Gasteiger partial charge on any atom is 0.253 e. The molecule has 3 heterocycles. The molecule has 0 saturated carbocycles. The molecule has 1 N–H and O–H groups in total. The summed E-state index contributed by atoms with van der Waals surface area (Å²) in [5.74, 6) is 0.141. The molecule has 0 spiro atoms. The minimum atomic E-state index is 0.141. The molecule has 0 unspecified atom stereocenters. The minimum Gasteiger partial charge on any atom is -0.336 e. The highest BCUT2D eigenvalue weighted by Crippen LogP contribution is 2.24. The van der Waals surface area contributed by atoms with Crippen molar-refractivity contribution in [3.05, 3.63) is 53.9 Å². The molecule has 1 aromatic heterocycles. The van der Waals surface area contributed by atoms with Gasteiger partial charge in [-0.3, -0.25) is 14.7 Å². The quantitative estimate of drug-likeness (QED) is 0.922. The van der Waals surface area contributed by atoms with Crippen LogP contribution >= 0.6 is 0 Å². The first-order chi connectivity index (χ1) is 12.7. The number of hydrogen-bond donors (Lipinski definition) is 1. The second-order valence-corrected chi connectivity index (χ2v) is 7.25. The van der Waals surface area contributed by atoms with Crippen molar-refractivity contribution in [3.63, 3.8) is 0 Å². The van der Waals surface area contributed by atoms with E-state index in [0.29, 0.717) is 6.04 Å². The first kappa shape index (κ1) is 17.2. The molecular weight excluding hydrogens is 324 g/mol. The summed E-state index contributed by atoms with van der Waals surface area (Å²) in [5, 5.41) is 3.43. The molecule has 0 bridgehead atoms. The zero-order valence-electron chi connectivity index (χ0n) is 15.3. The third kappa shape index (κ3) is 3.50. The summed E-state index contributed by atoms with van der Waals surface area (Å²) in [4.78, 5) is 21.7. The second-order valence-electron chi connectivity index (χ2n) is 7.25. The number of nitrogens with one attached hydrogen (secondary N) is 1. The first-order valence-electron chi connectivity index (χ1n) is 9.47. The monoisotopic (exact) mass is 350 g/mol. The molecule has 5 heteroatoms. The summed E-state index contributed by atoms with van der Waals surface area (Å²) >= 11 is 0. The van der Waals surface area contributed by atoms with E-state index in [-0.39, 0.29) is 5.91 Å². The van der Waals surface area contributed by atoms with Gasteiger partial charge in [0, 0.05) is 56.7 Å². The topological polar surface area (TPSA) is 48.5 Å². The number of hydrogen-bond acceptors (Lipinski definition) is 4. The summed E-state index contributed by atoms with van der Waals surface area (Å²) in [6.07, 6.45) is 4.89. The lowest BCUT2D eigenvalue weighted by Crippen LogP contribution is -2.52. The molecule has 1 atom stereocenters. The van der Waals surface area contributed by atoms with Crippen molar-refractivity contribution < 1.29 is 4.79 Å². The van der Waals surface area contributed by atoms with Gasteiger partial charge in [-0.05, 0) is 54.8 Å². The van der Waals surface area contributed by atoms with Crippen molar-refractivity contribution in [3.8, 4) is 11.1 Å². The Bertz CT molecular complexity index is 777. The number of benzene rings is 1. The third-order valence-electron chi connectivity index (χ3n) is 5.59. The predicted octanol–water partition coefficient (Wildman–Crippen LogP) is 2.18. The number of aryl methyl sites for hydroxylation is 1. The van der Waals surface area contributed by atoms with Crippen LogP contribution in [0, 0.1) is 6.92 Å². The van der Waals surface area contributed by atoms with Gasteiger partial charge in [0.05, 0.1) is 0 Å². The van der Waals surface area contributed by atoms with Gasteiger partial charge >= 0.3 is 0 Å². The molecule has 136 valence electrons. The molecule has 26 heavy (non-hydrogen) atoms. The van der Waals surface area contributed by atoms with Crippen LogP contribution in [0.3, 0.4) is 0 Å². The molecule has 2 saturated heterocycles. The highest BCUT2D eigenvalue weighted by Gasteiger charge is 2.28. The fourth-order valence-electron chi connectivity index (χ4n) is 4.04. The third-order valence-corrected chi connectivity index (χ3v) is 5.59. The number of amides is 1. The maximum atomic E-state index is 13.0. The number of nitrogens with zero attached hydrogens (tertiary/aromatic N) is 3. The van der Waals surface area contributed by atoms with Crippen LogP contribution in [-0.4, -0.2) is 66.0 Å². The largest absolute Gasteiger partial charge is 0.336 e. The average Bonchev–Trinajstić information content (AvgIpc) is 3.23. The molecule has 2 aliphatic rings. The fraction of sp³-hybridized carbons (Fsp3) is 0.429. The van der Waals surface area contributed by atoms with Crippen molar-refractivity contribution in [1.29, 1.82) is 0 Å². The van der Waals surface area contributed by atoms with Crippen LogP contribution in [-0.2, 0) is 0 Å². The molecule has 2 aromatic rings. The van der Waals surface area contributed by atoms with Gasteiger partial charge in [0.1, 0.15) is 0 Å². The summed E-state index contributed by atoms with van der Waals surface area (Å²) in [5.41, 5.74) is 4.10. The van der Waals surface area contributed by atoms with Crippen molar-refractivity contribution in [2.45, 2.75) is 19.4 Å². The standard InChI is InChI=1S/C21H26N4O/c1-16-14-22-8-6-20(16)17-3-2-4-18(13-17)21(26)25-11-9-24(10-12-25)19-5-7-23-15-19/h2-4,6,8,13-14,19,23H,5,7,9-12,15H2,1H3/t19-/m1/s1. The van der Waals surface area contributed by atoms with Crippen molar-refractivity contribution in [2.75, 3.05) is 39.3 Å². The number of pyridine rings is 1. The second kappa shape index (κ2) is 7.56. The molecule has 1 aromatic carbocycles. The highest BCUT2D eigenvalue weighted by molar-refractivity contribution is 5.95. The van der Waals surface area contributed by atoms with E-state index in [4.69, 9.17) is 0 Å². The average molecular weight is 350 g/mol. The molecule has 2 fully saturated rings. The lowest BCUT2D eigenvalue weighted by atomic mass is 10.00. The Balaban J connectivity index is 1.45. The normalized spacial score (nSPS) is 21.1. The summed E-state index contributed by atoms with van der Waals surface area (Å²) in [6, 6.07) is 10.6. The van der Waals surface area contributed by atoms with E-state index in [1.54, 1.807) is 6.20 Å². The van der Waals surface area contributed by atoms with E-state index in [9.17, 15) is 4.79 Å². The Labute approximate surface area is 155 Å². The van der Waals surface area contributed by atoms with Gasteiger partial charge in [-0.1, -0.05) is 12.1 Å². The number of piperazine rings is 1. The number of carbonyl (C=O) groups is 1. The summed E-state index contributed by atoms with van der Waals surface area (Å²) in [7, 11) is 0. The Morgan fingerprint density at radius 1 is 1.19 bits per heavy atom. The van der Waals surface area contributed by atoms with Crippen LogP contribution in [0.25, 0.3) is 11.1 Å². The van der Waals surface area contributed by atoms with Crippen LogP contribution in [0.15, 0.2) is 42.7 Å². The molecule has 2 aliphatic heterocycles. The lowest BCUT2D eigenvalue weighted by molar-refractivity contribution is 0.0584. The van der Waals surface area contributed by atoms with Crippen LogP contribution in [0.1, 0.15) is 22.3 Å². The number of carbonyl (C=O) groups excluding carboxylic acids is 1. The molecule has 1 amide bonds. The van der Waals surface area contributed by atoms with Crippen molar-refractivity contribution in [2.24, 2.45) is 0 Å². The predicted molar refractivity (Wildman–Crippen MR) is 103 cm³/mol.